The first kappa shape index (κ1) is 18.8. The summed E-state index contributed by atoms with van der Waals surface area (Å²) >= 11 is 1.45. The molecule has 0 fully saturated rings. The number of aromatic nitrogens is 2. The minimum Gasteiger partial charge on any atom is -0.493 e. The lowest BCUT2D eigenvalue weighted by atomic mass is 10.1. The van der Waals surface area contributed by atoms with Gasteiger partial charge in [-0.2, -0.15) is 0 Å². The minimum atomic E-state index is -0.0764. The second-order valence-electron chi connectivity index (χ2n) is 5.50. The number of carbonyl (C=O) groups is 1. The van der Waals surface area contributed by atoms with Gasteiger partial charge in [0.2, 0.25) is 5.91 Å². The third-order valence-electron chi connectivity index (χ3n) is 3.71. The van der Waals surface area contributed by atoms with E-state index in [0.717, 1.165) is 10.5 Å². The molecule has 3 rings (SSSR count). The Hall–Kier alpha value is -3.00. The van der Waals surface area contributed by atoms with Crippen molar-refractivity contribution >= 4 is 17.7 Å². The first-order chi connectivity index (χ1) is 13.2. The highest BCUT2D eigenvalue weighted by Gasteiger charge is 2.11. The number of thioether (sulfide) groups is 1. The number of pyridine rings is 1. The average Bonchev–Trinajstić information content (AvgIpc) is 3.20. The van der Waals surface area contributed by atoms with Gasteiger partial charge in [-0.05, 0) is 30.3 Å². The van der Waals surface area contributed by atoms with Crippen molar-refractivity contribution in [3.63, 3.8) is 0 Å². The number of hydrogen-bond acceptors (Lipinski definition) is 7. The Morgan fingerprint density at radius 1 is 1.11 bits per heavy atom. The Labute approximate surface area is 161 Å². The van der Waals surface area contributed by atoms with Gasteiger partial charge in [0, 0.05) is 28.9 Å². The van der Waals surface area contributed by atoms with E-state index in [1.807, 2.05) is 24.3 Å². The van der Waals surface area contributed by atoms with Crippen LogP contribution in [0, 0.1) is 0 Å². The van der Waals surface area contributed by atoms with Gasteiger partial charge in [-0.25, -0.2) is 0 Å². The molecule has 1 aromatic carbocycles. The van der Waals surface area contributed by atoms with Crippen LogP contribution in [0.15, 0.2) is 58.2 Å². The fraction of sp³-hybridized carbons (Fsp3) is 0.211. The number of carbonyl (C=O) groups excluding carboxylic acids is 1. The lowest BCUT2D eigenvalue weighted by Gasteiger charge is -2.07. The molecule has 140 valence electrons. The Morgan fingerprint density at radius 3 is 2.63 bits per heavy atom. The van der Waals surface area contributed by atoms with Crippen molar-refractivity contribution in [3.05, 3.63) is 54.5 Å². The van der Waals surface area contributed by atoms with Crippen molar-refractivity contribution < 1.29 is 18.8 Å². The van der Waals surface area contributed by atoms with Crippen LogP contribution in [0.3, 0.4) is 0 Å². The lowest BCUT2D eigenvalue weighted by Crippen LogP contribution is -2.24. The molecule has 0 atom stereocenters. The predicted octanol–water partition coefficient (Wildman–Crippen LogP) is 3.16. The quantitative estimate of drug-likeness (QED) is 0.596. The molecule has 2 heterocycles. The van der Waals surface area contributed by atoms with Crippen LogP contribution >= 0.6 is 11.8 Å². The molecule has 8 heteroatoms. The maximum absolute atomic E-state index is 12.0. The zero-order valence-corrected chi connectivity index (χ0v) is 15.8. The molecule has 27 heavy (non-hydrogen) atoms. The standard InChI is InChI=1S/C19H19N3O4S/c1-24-16-4-3-13(9-18(16)25-2)17-10-14(22-26-17)11-21-19(23)12-27-15-5-7-20-8-6-15/h3-10H,11-12H2,1-2H3,(H,21,23). The summed E-state index contributed by atoms with van der Waals surface area (Å²) in [6, 6.07) is 11.0. The number of nitrogens with zero attached hydrogens (tertiary/aromatic N) is 2. The van der Waals surface area contributed by atoms with Crippen LogP contribution in [-0.4, -0.2) is 36.0 Å². The Bertz CT molecular complexity index is 899. The van der Waals surface area contributed by atoms with Gasteiger partial charge < -0.3 is 19.3 Å². The first-order valence-electron chi connectivity index (χ1n) is 8.17. The van der Waals surface area contributed by atoms with Crippen LogP contribution in [-0.2, 0) is 11.3 Å². The van der Waals surface area contributed by atoms with E-state index in [-0.39, 0.29) is 5.91 Å². The van der Waals surface area contributed by atoms with Gasteiger partial charge in [-0.3, -0.25) is 9.78 Å². The number of benzene rings is 1. The van der Waals surface area contributed by atoms with Gasteiger partial charge in [0.1, 0.15) is 5.69 Å². The Balaban J connectivity index is 1.55. The molecule has 0 aliphatic heterocycles. The normalized spacial score (nSPS) is 10.4. The third kappa shape index (κ3) is 5.01. The van der Waals surface area contributed by atoms with E-state index in [0.29, 0.717) is 35.3 Å². The van der Waals surface area contributed by atoms with Gasteiger partial charge in [-0.1, -0.05) is 5.16 Å². The van der Waals surface area contributed by atoms with Crippen LogP contribution in [0.1, 0.15) is 5.69 Å². The molecule has 0 saturated carbocycles. The maximum atomic E-state index is 12.0. The summed E-state index contributed by atoms with van der Waals surface area (Å²) in [5.41, 5.74) is 1.45. The van der Waals surface area contributed by atoms with Crippen LogP contribution < -0.4 is 14.8 Å². The molecule has 0 bridgehead atoms. The van der Waals surface area contributed by atoms with Crippen molar-refractivity contribution in [3.8, 4) is 22.8 Å². The fourth-order valence-electron chi connectivity index (χ4n) is 2.34. The maximum Gasteiger partial charge on any atom is 0.230 e. The van der Waals surface area contributed by atoms with Crippen LogP contribution in [0.2, 0.25) is 0 Å². The molecule has 7 nitrogen and oxygen atoms in total. The number of rotatable bonds is 8. The average molecular weight is 385 g/mol. The van der Waals surface area contributed by atoms with Crippen molar-refractivity contribution in [2.24, 2.45) is 0 Å². The summed E-state index contributed by atoms with van der Waals surface area (Å²) in [5.74, 6) is 2.08. The summed E-state index contributed by atoms with van der Waals surface area (Å²) < 4.78 is 15.9. The molecule has 0 unspecified atom stereocenters. The number of methoxy groups -OCH3 is 2. The first-order valence-corrected chi connectivity index (χ1v) is 9.15. The highest BCUT2D eigenvalue weighted by Crippen LogP contribution is 2.32. The lowest BCUT2D eigenvalue weighted by molar-refractivity contribution is -0.118. The molecular weight excluding hydrogens is 366 g/mol. The molecule has 0 radical (unpaired) electrons. The van der Waals surface area contributed by atoms with E-state index in [9.17, 15) is 4.79 Å². The topological polar surface area (TPSA) is 86.5 Å². The summed E-state index contributed by atoms with van der Waals surface area (Å²) in [7, 11) is 3.16. The number of nitrogens with one attached hydrogen (secondary N) is 1. The highest BCUT2D eigenvalue weighted by molar-refractivity contribution is 8.00. The van der Waals surface area contributed by atoms with E-state index >= 15 is 0 Å². The van der Waals surface area contributed by atoms with Crippen molar-refractivity contribution in [2.45, 2.75) is 11.4 Å². The van der Waals surface area contributed by atoms with Crippen LogP contribution in [0.5, 0.6) is 11.5 Å². The van der Waals surface area contributed by atoms with Crippen LogP contribution in [0.4, 0.5) is 0 Å². The van der Waals surface area contributed by atoms with Gasteiger partial charge in [0.25, 0.3) is 0 Å². The Kier molecular flexibility index (Phi) is 6.32. The summed E-state index contributed by atoms with van der Waals surface area (Å²) in [4.78, 5) is 16.9. The second kappa shape index (κ2) is 9.09. The van der Waals surface area contributed by atoms with Crippen LogP contribution in [0.25, 0.3) is 11.3 Å². The molecule has 0 aliphatic rings. The van der Waals surface area contributed by atoms with E-state index in [1.54, 1.807) is 38.7 Å². The molecule has 0 spiro atoms. The molecule has 1 N–H and O–H groups in total. The smallest absolute Gasteiger partial charge is 0.230 e. The van der Waals surface area contributed by atoms with E-state index in [4.69, 9.17) is 14.0 Å². The van der Waals surface area contributed by atoms with Gasteiger partial charge >= 0.3 is 0 Å². The number of amides is 1. The second-order valence-corrected chi connectivity index (χ2v) is 6.55. The van der Waals surface area contributed by atoms with E-state index in [2.05, 4.69) is 15.5 Å². The molecule has 2 aromatic heterocycles. The largest absolute Gasteiger partial charge is 0.493 e. The highest BCUT2D eigenvalue weighted by atomic mass is 32.2. The summed E-state index contributed by atoms with van der Waals surface area (Å²) in [5, 5.41) is 6.84. The van der Waals surface area contributed by atoms with E-state index < -0.39 is 0 Å². The third-order valence-corrected chi connectivity index (χ3v) is 4.73. The van der Waals surface area contributed by atoms with Gasteiger partial charge in [0.05, 0.1) is 26.5 Å². The molecule has 3 aromatic rings. The number of ether oxygens (including phenoxy) is 2. The van der Waals surface area contributed by atoms with Gasteiger partial charge in [0.15, 0.2) is 17.3 Å². The Morgan fingerprint density at radius 2 is 1.89 bits per heavy atom. The minimum absolute atomic E-state index is 0.0764. The number of hydrogen-bond donors (Lipinski definition) is 1. The molecule has 0 aliphatic carbocycles. The predicted molar refractivity (Wildman–Crippen MR) is 102 cm³/mol. The molecular formula is C19H19N3O4S. The van der Waals surface area contributed by atoms with Crippen molar-refractivity contribution in [1.29, 1.82) is 0 Å². The van der Waals surface area contributed by atoms with Crippen molar-refractivity contribution in [2.75, 3.05) is 20.0 Å². The SMILES string of the molecule is COc1ccc(-c2cc(CNC(=O)CSc3ccncc3)no2)cc1OC. The molecule has 1 amide bonds. The van der Waals surface area contributed by atoms with Gasteiger partial charge in [-0.15, -0.1) is 11.8 Å². The summed E-state index contributed by atoms with van der Waals surface area (Å²) in [6.07, 6.45) is 3.40. The fourth-order valence-corrected chi connectivity index (χ4v) is 3.06. The van der Waals surface area contributed by atoms with E-state index in [1.165, 1.54) is 11.8 Å². The monoisotopic (exact) mass is 385 g/mol. The zero-order valence-electron chi connectivity index (χ0n) is 15.0. The molecule has 0 saturated heterocycles. The van der Waals surface area contributed by atoms with Crippen molar-refractivity contribution in [1.82, 2.24) is 15.5 Å². The summed E-state index contributed by atoms with van der Waals surface area (Å²) in [6.45, 7) is 0.298. The zero-order chi connectivity index (χ0) is 19.1.